The molecule has 0 aromatic heterocycles. The zero-order valence-electron chi connectivity index (χ0n) is 68.5. The number of hydrogen-bond acceptors (Lipinski definition) is 44. The van der Waals surface area contributed by atoms with Gasteiger partial charge in [0.15, 0.2) is 56.1 Å². The van der Waals surface area contributed by atoms with E-state index in [1.54, 1.807) is 6.08 Å². The highest BCUT2D eigenvalue weighted by Crippen LogP contribution is 2.46. The van der Waals surface area contributed by atoms with Crippen molar-refractivity contribution in [1.82, 2.24) is 0 Å². The van der Waals surface area contributed by atoms with E-state index in [0.717, 1.165) is 18.2 Å². The lowest BCUT2D eigenvalue weighted by atomic mass is 9.72. The molecule has 12 fully saturated rings. The van der Waals surface area contributed by atoms with Crippen LogP contribution in [0.1, 0.15) is 109 Å². The minimum atomic E-state index is -2.16. The molecule has 7 heterocycles. The topological polar surface area (TPSA) is 731 Å². The number of carbonyl (C=O) groups is 5. The fraction of sp³-hybridized carbons (Fsp3) is 0.863. The Morgan fingerprint density at radius 3 is 1.29 bits per heavy atom. The van der Waals surface area contributed by atoms with Crippen LogP contribution in [0.2, 0.25) is 0 Å². The van der Waals surface area contributed by atoms with Gasteiger partial charge in [-0.25, -0.2) is 14.4 Å². The average molecular weight is 1820 g/mol. The smallest absolute Gasteiger partial charge is 0.330 e. The monoisotopic (exact) mass is 1820 g/mol. The van der Waals surface area contributed by atoms with E-state index in [1.807, 2.05) is 0 Å². The molecule has 7 saturated heterocycles. The van der Waals surface area contributed by atoms with Crippen LogP contribution in [0.25, 0.3) is 0 Å². The van der Waals surface area contributed by atoms with Crippen molar-refractivity contribution >= 4 is 29.8 Å². The predicted octanol–water partition coefficient (Wildman–Crippen LogP) is -10.8. The van der Waals surface area contributed by atoms with Gasteiger partial charge in [0.1, 0.15) is 167 Å². The van der Waals surface area contributed by atoms with Gasteiger partial charge in [0.2, 0.25) is 0 Å². The molecule has 15 unspecified atom stereocenters. The number of hydrogen-bond donors (Lipinski definition) is 24. The van der Waals surface area contributed by atoms with Gasteiger partial charge >= 0.3 is 29.8 Å². The first-order chi connectivity index (χ1) is 59.9. The van der Waals surface area contributed by atoms with Crippen molar-refractivity contribution in [2.24, 2.45) is 29.6 Å². The lowest BCUT2D eigenvalue weighted by Gasteiger charge is -2.50. The van der Waals surface area contributed by atoms with Crippen molar-refractivity contribution in [2.45, 2.75) is 361 Å². The maximum atomic E-state index is 14.0. The Kier molecular flexibility index (Phi) is 35.9. The molecule has 718 valence electrons. The van der Waals surface area contributed by atoms with Crippen LogP contribution in [0.3, 0.4) is 0 Å². The number of carboxylic acid groups (broad SMARTS) is 1. The van der Waals surface area contributed by atoms with Crippen molar-refractivity contribution in [2.75, 3.05) is 39.6 Å². The third-order valence-electron chi connectivity index (χ3n) is 26.1. The molecular formula is C80H123O46+. The molecule has 126 heavy (non-hydrogen) atoms. The molecule has 0 radical (unpaired) electrons. The van der Waals surface area contributed by atoms with Crippen molar-refractivity contribution in [1.29, 1.82) is 0 Å². The minimum Gasteiger partial charge on any atom is -0.481 e. The van der Waals surface area contributed by atoms with Crippen LogP contribution in [0.5, 0.6) is 0 Å². The molecule has 46 heteroatoms. The van der Waals surface area contributed by atoms with Crippen LogP contribution in [0.15, 0.2) is 36.5 Å². The third-order valence-corrected chi connectivity index (χ3v) is 26.1. The Morgan fingerprint density at radius 2 is 0.794 bits per heavy atom. The molecule has 0 aromatic carbocycles. The molecule has 5 saturated carbocycles. The summed E-state index contributed by atoms with van der Waals surface area (Å²) in [4.78, 5) is 64.0. The molecule has 12 aliphatic rings. The normalized spacial score (nSPS) is 47.5. The minimum absolute atomic E-state index is 0.000971. The van der Waals surface area contributed by atoms with Gasteiger partial charge in [-0.3, -0.25) is 9.59 Å². The largest absolute Gasteiger partial charge is 0.481 e. The lowest BCUT2D eigenvalue weighted by Crippen LogP contribution is -2.66. The quantitative estimate of drug-likeness (QED) is 0.0104. The van der Waals surface area contributed by atoms with Crippen LogP contribution in [-0.2, 0) is 99.8 Å². The predicted molar refractivity (Wildman–Crippen MR) is 406 cm³/mol. The van der Waals surface area contributed by atoms with Gasteiger partial charge in [-0.1, -0.05) is 18.2 Å². The second-order valence-corrected chi connectivity index (χ2v) is 34.9. The van der Waals surface area contributed by atoms with Gasteiger partial charge < -0.3 is 203 Å². The Balaban J connectivity index is 0.698. The second-order valence-electron chi connectivity index (χ2n) is 34.9. The fourth-order valence-electron chi connectivity index (χ4n) is 18.6. The van der Waals surface area contributed by atoms with Gasteiger partial charge in [-0.15, -0.1) is 0 Å². The number of rotatable bonds is 30. The van der Waals surface area contributed by atoms with E-state index < -0.39 is 345 Å². The number of aliphatic hydroxyl groups excluding tert-OH is 23. The van der Waals surface area contributed by atoms with Crippen LogP contribution in [0.4, 0.5) is 0 Å². The molecule has 0 bridgehead atoms. The Bertz CT molecular complexity index is 3550. The van der Waals surface area contributed by atoms with Crippen molar-refractivity contribution in [3.8, 4) is 0 Å². The standard InChI is InChI=1S/C80H122O46/c81-24-47-58(96)63(101)68(106)75(120-47)114-35-9-1-30(2-10-35)5-14-53(91)111-28-51-62(100)67(105)74(80(124-51)119-46-22-36-44(115-72(46)33-8-11-37(84)38(85)19-33)20-34(83)21-45(36)118-78-71(109)66(104)61(99)50(123-78)29-112-56(94)23-52(89)90)126-79-73(57(95)41(88)26-113-79)125-55(93)16-7-32-4-13-43(40(87)18-32)117-77-70(108)65(103)60(98)49(122-77)27-110-54(92)15-6-31-3-12-42(39(86)17-31)116-76-69(107)64(102)59(97)48(25-82)121-76/h5-7,14-16,30-51,57-88,95-109H,1-4,8-13,17-29H2,(H,89,90)/p+1/t30?,31?,32?,33?,34?,35?,36?,37?,38?,39?,40?,41-,42?,43?,44?,45?,46?,47-,48-,49-,50-,51-,57+,58-,59-,60-,61-,62-,63+,64+,65+,66+,67+,68-,69-,70-,71-,72?,73-,74-,75-,76-,77-,78-,79+,80-/m1/s1. The molecular weight excluding hydrogens is 1700 g/mol. The van der Waals surface area contributed by atoms with E-state index in [-0.39, 0.29) is 82.5 Å². The summed E-state index contributed by atoms with van der Waals surface area (Å²) >= 11 is 0. The first kappa shape index (κ1) is 100. The molecule has 12 rings (SSSR count). The highest BCUT2D eigenvalue weighted by molar-refractivity contribution is 5.90. The fourth-order valence-corrected chi connectivity index (χ4v) is 18.6. The van der Waals surface area contributed by atoms with E-state index in [1.165, 1.54) is 12.2 Å². The first-order valence-electron chi connectivity index (χ1n) is 42.9. The Labute approximate surface area is 720 Å². The molecule has 44 atom stereocenters. The molecule has 46 nitrogen and oxygen atoms in total. The number of carboxylic acids is 1. The molecule has 0 spiro atoms. The Hall–Kier alpha value is -4.87. The highest BCUT2D eigenvalue weighted by atomic mass is 16.8. The number of aliphatic hydroxyl groups is 25. The summed E-state index contributed by atoms with van der Waals surface area (Å²) in [6.45, 7) is -4.31. The van der Waals surface area contributed by atoms with Crippen LogP contribution >= 0.6 is 0 Å². The van der Waals surface area contributed by atoms with Gasteiger partial charge in [0.25, 0.3) is 0 Å². The lowest BCUT2D eigenvalue weighted by molar-refractivity contribution is -0.385. The molecule has 25 N–H and O–H groups in total. The summed E-state index contributed by atoms with van der Waals surface area (Å²) in [6, 6.07) is 0. The van der Waals surface area contributed by atoms with Crippen LogP contribution in [0, 0.1) is 29.6 Å². The summed E-state index contributed by atoms with van der Waals surface area (Å²) in [5.41, 5.74) is 0. The molecule has 0 aromatic rings. The van der Waals surface area contributed by atoms with Crippen molar-refractivity contribution in [3.05, 3.63) is 36.5 Å². The number of allylic oxidation sites excluding steroid dienone is 3. The van der Waals surface area contributed by atoms with E-state index in [9.17, 15) is 141 Å². The zero-order chi connectivity index (χ0) is 91.0. The maximum absolute atomic E-state index is 14.0. The van der Waals surface area contributed by atoms with Gasteiger partial charge in [-0.2, -0.15) is 0 Å². The summed E-state index contributed by atoms with van der Waals surface area (Å²) < 4.78 is 99.0. The summed E-state index contributed by atoms with van der Waals surface area (Å²) in [7, 11) is 0. The maximum Gasteiger partial charge on any atom is 0.330 e. The molecule has 0 amide bonds. The third kappa shape index (κ3) is 24.8. The van der Waals surface area contributed by atoms with Crippen molar-refractivity contribution < 1.29 is 227 Å². The molecule has 5 aliphatic carbocycles. The second kappa shape index (κ2) is 45.2. The van der Waals surface area contributed by atoms with E-state index in [4.69, 9.17) is 85.6 Å². The SMILES string of the molecule is O=C(O)CC(=O)OC[C@H]1O[C@@H](OC2CC(O)CC3[OH+]C(C4CCC(O)C(O)C4)C(O[C@@H]4O[C@H](COC(=O)C=CC5CCC(O[C@@H]6O[C@H](CO)[C@@H](O)[C@H](O)[C@H]6O)CC5)[C@@H](O)[C@H](O)[C@H]4O[C@@H]4OC[C@@H](O)[C@H](O)[C@H]4OC(=O)C=CC4CCC(O[C@@H]5O[C@H](COC(=O)C=CC6CCC(O[C@@H]7O[C@H](CO)[C@@H](O)[C@H](O)[C@H]7O)C(O)C6)[C@@H](O)[C@H](O)[C@H]5O)C(O)C4)CC23)[C@H](O)[C@@H](O)[C@@H]1O. The summed E-state index contributed by atoms with van der Waals surface area (Å²) in [6.07, 6.45) is -54.9. The first-order valence-corrected chi connectivity index (χ1v) is 42.9. The highest BCUT2D eigenvalue weighted by Gasteiger charge is 2.60. The van der Waals surface area contributed by atoms with Crippen LogP contribution in [-0.4, -0.2) is 448 Å². The number of aliphatic carboxylic acids is 1. The number of fused-ring (bicyclic) bond motifs is 1. The Morgan fingerprint density at radius 1 is 0.349 bits per heavy atom. The van der Waals surface area contributed by atoms with E-state index in [0.29, 0.717) is 32.1 Å². The number of carbonyl (C=O) groups excluding carboxylic acids is 4. The van der Waals surface area contributed by atoms with Gasteiger partial charge in [0.05, 0.1) is 80.7 Å². The number of esters is 4. The van der Waals surface area contributed by atoms with Crippen LogP contribution < -0.4 is 0 Å². The van der Waals surface area contributed by atoms with E-state index >= 15 is 0 Å². The number of ether oxygens (including phenoxy) is 17. The van der Waals surface area contributed by atoms with Crippen molar-refractivity contribution in [3.63, 3.8) is 0 Å². The van der Waals surface area contributed by atoms with E-state index in [2.05, 4.69) is 0 Å². The molecule has 7 aliphatic heterocycles. The zero-order valence-corrected chi connectivity index (χ0v) is 68.5. The summed E-state index contributed by atoms with van der Waals surface area (Å²) in [5, 5.41) is 259. The average Bonchev–Trinajstić information content (AvgIpc) is 0.762. The van der Waals surface area contributed by atoms with Gasteiger partial charge in [-0.05, 0) is 108 Å². The van der Waals surface area contributed by atoms with Gasteiger partial charge in [0, 0.05) is 37.0 Å². The summed E-state index contributed by atoms with van der Waals surface area (Å²) in [5.74, 6) is -8.50.